The Bertz CT molecular complexity index is 1190. The molecule has 3 aromatic heterocycles. The number of benzene rings is 1. The van der Waals surface area contributed by atoms with E-state index in [0.29, 0.717) is 16.4 Å². The number of rotatable bonds is 6. The topological polar surface area (TPSA) is 75.4 Å². The van der Waals surface area contributed by atoms with Crippen molar-refractivity contribution in [1.82, 2.24) is 4.98 Å². The summed E-state index contributed by atoms with van der Waals surface area (Å²) in [4.78, 5) is 32.4. The minimum Gasteiger partial charge on any atom is -0.459 e. The number of thiophene rings is 1. The molecule has 3 heterocycles. The molecule has 1 N–H and O–H groups in total. The fourth-order valence-electron chi connectivity index (χ4n) is 3.01. The number of halogens is 1. The van der Waals surface area contributed by atoms with E-state index in [9.17, 15) is 9.59 Å². The first-order chi connectivity index (χ1) is 15.0. The van der Waals surface area contributed by atoms with Gasteiger partial charge in [-0.25, -0.2) is 0 Å². The van der Waals surface area contributed by atoms with Crippen LogP contribution >= 0.6 is 27.3 Å². The van der Waals surface area contributed by atoms with E-state index >= 15 is 0 Å². The molecule has 31 heavy (non-hydrogen) atoms. The molecular formula is C23H18BrN3O3S. The van der Waals surface area contributed by atoms with Crippen LogP contribution in [0.15, 0.2) is 82.0 Å². The first kappa shape index (κ1) is 21.0. The Morgan fingerprint density at radius 1 is 1.13 bits per heavy atom. The van der Waals surface area contributed by atoms with Gasteiger partial charge in [0.1, 0.15) is 0 Å². The number of hydrogen-bond donors (Lipinski definition) is 1. The second-order valence-electron chi connectivity index (χ2n) is 6.74. The summed E-state index contributed by atoms with van der Waals surface area (Å²) in [7, 11) is 0. The zero-order valence-corrected chi connectivity index (χ0v) is 18.9. The van der Waals surface area contributed by atoms with E-state index in [0.717, 1.165) is 21.4 Å². The number of aryl methyl sites for hydroxylation is 1. The van der Waals surface area contributed by atoms with Crippen molar-refractivity contribution in [3.05, 3.63) is 99.5 Å². The molecule has 4 aromatic rings. The summed E-state index contributed by atoms with van der Waals surface area (Å²) in [5.41, 5.74) is 2.32. The van der Waals surface area contributed by atoms with E-state index in [1.165, 1.54) is 17.6 Å². The molecule has 1 aromatic carbocycles. The lowest BCUT2D eigenvalue weighted by molar-refractivity contribution is 0.0983. The van der Waals surface area contributed by atoms with Crippen molar-refractivity contribution < 1.29 is 14.0 Å². The highest BCUT2D eigenvalue weighted by atomic mass is 79.9. The smallest absolute Gasteiger partial charge is 0.291 e. The molecule has 0 unspecified atom stereocenters. The van der Waals surface area contributed by atoms with Crippen molar-refractivity contribution in [2.45, 2.75) is 13.5 Å². The predicted molar refractivity (Wildman–Crippen MR) is 125 cm³/mol. The number of anilines is 2. The van der Waals surface area contributed by atoms with E-state index in [1.54, 1.807) is 29.3 Å². The molecule has 156 valence electrons. The standard InChI is InChI=1S/C23H18BrN3O3S/c1-15-13-20(26-22(28)19-6-4-12-30-19)31-21(15)23(29)27(14-17-5-2-3-11-25-17)18-9-7-16(24)8-10-18/h2-13H,14H2,1H3,(H,26,28). The fourth-order valence-corrected chi connectivity index (χ4v) is 4.30. The number of nitrogens with one attached hydrogen (secondary N) is 1. The monoisotopic (exact) mass is 495 g/mol. The lowest BCUT2D eigenvalue weighted by Gasteiger charge is -2.22. The van der Waals surface area contributed by atoms with E-state index in [2.05, 4.69) is 26.2 Å². The van der Waals surface area contributed by atoms with Crippen LogP contribution in [0.4, 0.5) is 10.7 Å². The lowest BCUT2D eigenvalue weighted by atomic mass is 10.2. The number of furan rings is 1. The van der Waals surface area contributed by atoms with Crippen LogP contribution in [0.5, 0.6) is 0 Å². The Balaban J connectivity index is 1.62. The number of pyridine rings is 1. The van der Waals surface area contributed by atoms with E-state index in [1.807, 2.05) is 49.4 Å². The lowest BCUT2D eigenvalue weighted by Crippen LogP contribution is -2.30. The van der Waals surface area contributed by atoms with E-state index in [-0.39, 0.29) is 17.6 Å². The first-order valence-electron chi connectivity index (χ1n) is 9.44. The van der Waals surface area contributed by atoms with Crippen LogP contribution in [0.1, 0.15) is 31.5 Å². The maximum Gasteiger partial charge on any atom is 0.291 e. The van der Waals surface area contributed by atoms with Gasteiger partial charge < -0.3 is 14.6 Å². The van der Waals surface area contributed by atoms with Crippen LogP contribution in [-0.2, 0) is 6.54 Å². The number of nitrogens with zero attached hydrogens (tertiary/aromatic N) is 2. The van der Waals surface area contributed by atoms with E-state index < -0.39 is 0 Å². The van der Waals surface area contributed by atoms with Crippen molar-refractivity contribution >= 4 is 49.8 Å². The summed E-state index contributed by atoms with van der Waals surface area (Å²) in [5.74, 6) is -0.303. The summed E-state index contributed by atoms with van der Waals surface area (Å²) in [6.45, 7) is 2.18. The van der Waals surface area contributed by atoms with Crippen molar-refractivity contribution in [2.75, 3.05) is 10.2 Å². The molecule has 0 saturated carbocycles. The molecule has 6 nitrogen and oxygen atoms in total. The van der Waals surface area contributed by atoms with Gasteiger partial charge in [0.25, 0.3) is 11.8 Å². The highest BCUT2D eigenvalue weighted by Crippen LogP contribution is 2.31. The first-order valence-corrected chi connectivity index (χ1v) is 11.0. The zero-order valence-electron chi connectivity index (χ0n) is 16.5. The summed E-state index contributed by atoms with van der Waals surface area (Å²) in [6, 6.07) is 18.2. The molecule has 0 bridgehead atoms. The normalized spacial score (nSPS) is 10.6. The summed E-state index contributed by atoms with van der Waals surface area (Å²) in [5, 5.41) is 3.37. The summed E-state index contributed by atoms with van der Waals surface area (Å²) < 4.78 is 6.06. The molecule has 8 heteroatoms. The number of carbonyl (C=O) groups is 2. The van der Waals surface area contributed by atoms with Crippen LogP contribution < -0.4 is 10.2 Å². The summed E-state index contributed by atoms with van der Waals surface area (Å²) >= 11 is 4.67. The van der Waals surface area contributed by atoms with Gasteiger partial charge in [0.2, 0.25) is 0 Å². The molecule has 2 amide bonds. The van der Waals surface area contributed by atoms with Gasteiger partial charge in [-0.2, -0.15) is 0 Å². The van der Waals surface area contributed by atoms with Gasteiger partial charge in [-0.3, -0.25) is 14.6 Å². The van der Waals surface area contributed by atoms with Gasteiger partial charge in [-0.1, -0.05) is 22.0 Å². The van der Waals surface area contributed by atoms with Gasteiger partial charge in [0.05, 0.1) is 28.4 Å². The number of carbonyl (C=O) groups excluding carboxylic acids is 2. The van der Waals surface area contributed by atoms with Crippen molar-refractivity contribution in [1.29, 1.82) is 0 Å². The average Bonchev–Trinajstić information content (AvgIpc) is 3.43. The second-order valence-corrected chi connectivity index (χ2v) is 8.71. The molecule has 0 aliphatic carbocycles. The second kappa shape index (κ2) is 9.28. The van der Waals surface area contributed by atoms with E-state index in [4.69, 9.17) is 4.42 Å². The van der Waals surface area contributed by atoms with Gasteiger partial charge in [0, 0.05) is 16.4 Å². The van der Waals surface area contributed by atoms with Crippen LogP contribution in [0.25, 0.3) is 0 Å². The van der Waals surface area contributed by atoms with Crippen LogP contribution in [0.3, 0.4) is 0 Å². The molecule has 4 rings (SSSR count). The highest BCUT2D eigenvalue weighted by Gasteiger charge is 2.23. The Morgan fingerprint density at radius 3 is 2.61 bits per heavy atom. The van der Waals surface area contributed by atoms with Gasteiger partial charge in [-0.15, -0.1) is 11.3 Å². The highest BCUT2D eigenvalue weighted by molar-refractivity contribution is 9.10. The Kier molecular flexibility index (Phi) is 6.29. The molecule has 0 spiro atoms. The number of aromatic nitrogens is 1. The molecule has 0 atom stereocenters. The Labute approximate surface area is 191 Å². The third-order valence-corrected chi connectivity index (χ3v) is 6.19. The van der Waals surface area contributed by atoms with Gasteiger partial charge >= 0.3 is 0 Å². The molecular weight excluding hydrogens is 478 g/mol. The van der Waals surface area contributed by atoms with Gasteiger partial charge in [0.15, 0.2) is 5.76 Å². The minimum absolute atomic E-state index is 0.158. The molecule has 0 aliphatic rings. The number of hydrogen-bond acceptors (Lipinski definition) is 5. The summed E-state index contributed by atoms with van der Waals surface area (Å²) in [6.07, 6.45) is 3.15. The number of amides is 2. The molecule has 0 radical (unpaired) electrons. The SMILES string of the molecule is Cc1cc(NC(=O)c2ccco2)sc1C(=O)N(Cc1ccccn1)c1ccc(Br)cc1. The van der Waals surface area contributed by atoms with Crippen molar-refractivity contribution in [2.24, 2.45) is 0 Å². The van der Waals surface area contributed by atoms with Gasteiger partial charge in [-0.05, 0) is 67.1 Å². The minimum atomic E-state index is -0.358. The third kappa shape index (κ3) is 4.92. The zero-order chi connectivity index (χ0) is 21.8. The Morgan fingerprint density at radius 2 is 1.94 bits per heavy atom. The largest absolute Gasteiger partial charge is 0.459 e. The Hall–Kier alpha value is -3.23. The van der Waals surface area contributed by atoms with Crippen LogP contribution in [0, 0.1) is 6.92 Å². The van der Waals surface area contributed by atoms with Crippen LogP contribution in [0.2, 0.25) is 0 Å². The average molecular weight is 496 g/mol. The molecule has 0 fully saturated rings. The predicted octanol–water partition coefficient (Wildman–Crippen LogP) is 5.91. The molecule has 0 saturated heterocycles. The third-order valence-electron chi connectivity index (χ3n) is 4.52. The maximum atomic E-state index is 13.5. The van der Waals surface area contributed by atoms with Crippen molar-refractivity contribution in [3.63, 3.8) is 0 Å². The van der Waals surface area contributed by atoms with Crippen molar-refractivity contribution in [3.8, 4) is 0 Å². The fraction of sp³-hybridized carbons (Fsp3) is 0.0870. The van der Waals surface area contributed by atoms with Crippen LogP contribution in [-0.4, -0.2) is 16.8 Å². The molecule has 0 aliphatic heterocycles. The quantitative estimate of drug-likeness (QED) is 0.360. The maximum absolute atomic E-state index is 13.5.